The minimum absolute atomic E-state index is 0.613. The van der Waals surface area contributed by atoms with Crippen LogP contribution in [0.5, 0.6) is 0 Å². The lowest BCUT2D eigenvalue weighted by Gasteiger charge is -2.33. The molecule has 4 nitrogen and oxygen atoms in total. The van der Waals surface area contributed by atoms with Crippen molar-refractivity contribution >= 4 is 0 Å². The normalized spacial score (nSPS) is 22.2. The molecule has 1 aliphatic heterocycles. The topological polar surface area (TPSA) is 34.3 Å². The smallest absolute Gasteiger partial charge is 0.0322 e. The summed E-state index contributed by atoms with van der Waals surface area (Å²) < 4.78 is 0. The van der Waals surface area contributed by atoms with Crippen molar-refractivity contribution in [1.82, 2.24) is 20.1 Å². The van der Waals surface area contributed by atoms with Crippen molar-refractivity contribution in [1.29, 1.82) is 0 Å². The van der Waals surface area contributed by atoms with Gasteiger partial charge in [-0.25, -0.2) is 0 Å². The third kappa shape index (κ3) is 4.15. The molecular weight excluding hydrogens is 212 g/mol. The van der Waals surface area contributed by atoms with Crippen LogP contribution in [0.2, 0.25) is 0 Å². The van der Waals surface area contributed by atoms with Gasteiger partial charge in [0, 0.05) is 57.1 Å². The first kappa shape index (κ1) is 12.6. The molecule has 2 N–H and O–H groups in total. The highest BCUT2D eigenvalue weighted by Crippen LogP contribution is 2.01. The first-order valence-electron chi connectivity index (χ1n) is 6.47. The first-order valence-corrected chi connectivity index (χ1v) is 6.47. The largest absolute Gasteiger partial charge is 0.365 e. The average molecular weight is 236 g/mol. The Balaban J connectivity index is 1.67. The third-order valence-corrected chi connectivity index (χ3v) is 3.42. The molecule has 0 saturated carbocycles. The molecule has 1 saturated heterocycles. The Morgan fingerprint density at radius 1 is 1.53 bits per heavy atom. The molecule has 1 aliphatic rings. The highest BCUT2D eigenvalue weighted by atomic mass is 15.2. The fourth-order valence-electron chi connectivity index (χ4n) is 2.42. The molecule has 1 unspecified atom stereocenters. The SMILES string of the molecule is CN1CCNC(CN(C)CCc2ccc[nH]2)C1. The van der Waals surface area contributed by atoms with Gasteiger partial charge in [0.15, 0.2) is 0 Å². The summed E-state index contributed by atoms with van der Waals surface area (Å²) in [6.07, 6.45) is 3.10. The molecule has 2 heterocycles. The zero-order valence-corrected chi connectivity index (χ0v) is 10.9. The molecule has 4 heteroatoms. The quantitative estimate of drug-likeness (QED) is 0.776. The number of hydrogen-bond acceptors (Lipinski definition) is 3. The van der Waals surface area contributed by atoms with Crippen LogP contribution in [0, 0.1) is 0 Å². The number of aromatic nitrogens is 1. The van der Waals surface area contributed by atoms with Crippen LogP contribution < -0.4 is 5.32 Å². The van der Waals surface area contributed by atoms with Crippen LogP contribution in [-0.2, 0) is 6.42 Å². The molecule has 0 aromatic carbocycles. The van der Waals surface area contributed by atoms with Crippen LogP contribution in [0.15, 0.2) is 18.3 Å². The second-order valence-electron chi connectivity index (χ2n) is 5.12. The summed E-state index contributed by atoms with van der Waals surface area (Å²) >= 11 is 0. The first-order chi connectivity index (χ1) is 8.24. The molecule has 1 fully saturated rings. The van der Waals surface area contributed by atoms with E-state index in [1.165, 1.54) is 12.2 Å². The molecule has 96 valence electrons. The number of H-pyrrole nitrogens is 1. The minimum atomic E-state index is 0.613. The number of likely N-dealkylation sites (N-methyl/N-ethyl adjacent to an activating group) is 2. The van der Waals surface area contributed by atoms with E-state index in [-0.39, 0.29) is 0 Å². The Labute approximate surface area is 104 Å². The molecule has 0 bridgehead atoms. The van der Waals surface area contributed by atoms with Crippen molar-refractivity contribution in [2.45, 2.75) is 12.5 Å². The fourth-order valence-corrected chi connectivity index (χ4v) is 2.42. The second kappa shape index (κ2) is 6.19. The van der Waals surface area contributed by atoms with E-state index < -0.39 is 0 Å². The maximum Gasteiger partial charge on any atom is 0.0322 e. The van der Waals surface area contributed by atoms with Crippen molar-refractivity contribution in [3.05, 3.63) is 24.0 Å². The van der Waals surface area contributed by atoms with E-state index in [0.29, 0.717) is 6.04 Å². The molecule has 1 aromatic heterocycles. The number of nitrogens with zero attached hydrogens (tertiary/aromatic N) is 2. The van der Waals surface area contributed by atoms with Gasteiger partial charge < -0.3 is 20.1 Å². The van der Waals surface area contributed by atoms with E-state index >= 15 is 0 Å². The van der Waals surface area contributed by atoms with Gasteiger partial charge in [0.2, 0.25) is 0 Å². The maximum atomic E-state index is 3.58. The van der Waals surface area contributed by atoms with Crippen molar-refractivity contribution in [3.8, 4) is 0 Å². The number of aromatic amines is 1. The lowest BCUT2D eigenvalue weighted by Crippen LogP contribution is -2.53. The van der Waals surface area contributed by atoms with E-state index in [9.17, 15) is 0 Å². The van der Waals surface area contributed by atoms with Gasteiger partial charge in [0.1, 0.15) is 0 Å². The maximum absolute atomic E-state index is 3.58. The molecule has 0 amide bonds. The Morgan fingerprint density at radius 3 is 3.12 bits per heavy atom. The van der Waals surface area contributed by atoms with Crippen molar-refractivity contribution in [2.24, 2.45) is 0 Å². The highest BCUT2D eigenvalue weighted by Gasteiger charge is 2.17. The van der Waals surface area contributed by atoms with Gasteiger partial charge in [-0.15, -0.1) is 0 Å². The van der Waals surface area contributed by atoms with E-state index in [4.69, 9.17) is 0 Å². The predicted octanol–water partition coefficient (Wildman–Crippen LogP) is 0.393. The van der Waals surface area contributed by atoms with Crippen LogP contribution in [-0.4, -0.2) is 67.6 Å². The monoisotopic (exact) mass is 236 g/mol. The van der Waals surface area contributed by atoms with E-state index in [1.54, 1.807) is 0 Å². The summed E-state index contributed by atoms with van der Waals surface area (Å²) in [6.45, 7) is 5.69. The van der Waals surface area contributed by atoms with Gasteiger partial charge in [-0.1, -0.05) is 0 Å². The lowest BCUT2D eigenvalue weighted by molar-refractivity contribution is 0.196. The number of hydrogen-bond donors (Lipinski definition) is 2. The zero-order chi connectivity index (χ0) is 12.1. The van der Waals surface area contributed by atoms with Gasteiger partial charge >= 0.3 is 0 Å². The van der Waals surface area contributed by atoms with E-state index in [1.807, 2.05) is 6.20 Å². The summed E-state index contributed by atoms with van der Waals surface area (Å²) in [5, 5.41) is 3.58. The standard InChI is InChI=1S/C13H24N4/c1-16(8-5-12-4-3-6-14-12)10-13-11-17(2)9-7-15-13/h3-4,6,13-15H,5,7-11H2,1-2H3. The number of piperazine rings is 1. The summed E-state index contributed by atoms with van der Waals surface area (Å²) in [5.41, 5.74) is 1.32. The Hall–Kier alpha value is -0.840. The second-order valence-corrected chi connectivity index (χ2v) is 5.12. The molecule has 0 aliphatic carbocycles. The van der Waals surface area contributed by atoms with Crippen molar-refractivity contribution in [2.75, 3.05) is 46.8 Å². The Kier molecular flexibility index (Phi) is 4.59. The molecule has 0 spiro atoms. The van der Waals surface area contributed by atoms with Crippen LogP contribution in [0.25, 0.3) is 0 Å². The zero-order valence-electron chi connectivity index (χ0n) is 10.9. The lowest BCUT2D eigenvalue weighted by atomic mass is 10.2. The molecule has 1 aromatic rings. The van der Waals surface area contributed by atoms with Crippen LogP contribution in [0.3, 0.4) is 0 Å². The van der Waals surface area contributed by atoms with Gasteiger partial charge in [0.25, 0.3) is 0 Å². The van der Waals surface area contributed by atoms with E-state index in [2.05, 4.69) is 46.3 Å². The summed E-state index contributed by atoms with van der Waals surface area (Å²) in [6, 6.07) is 4.83. The fraction of sp³-hybridized carbons (Fsp3) is 0.692. The van der Waals surface area contributed by atoms with Crippen LogP contribution >= 0.6 is 0 Å². The Bertz CT molecular complexity index is 309. The van der Waals surface area contributed by atoms with Crippen molar-refractivity contribution < 1.29 is 0 Å². The molecular formula is C13H24N4. The van der Waals surface area contributed by atoms with Crippen LogP contribution in [0.4, 0.5) is 0 Å². The van der Waals surface area contributed by atoms with Gasteiger partial charge in [-0.05, 0) is 26.2 Å². The third-order valence-electron chi connectivity index (χ3n) is 3.42. The van der Waals surface area contributed by atoms with E-state index in [0.717, 1.165) is 32.6 Å². The summed E-state index contributed by atoms with van der Waals surface area (Å²) in [4.78, 5) is 8.07. The number of nitrogens with one attached hydrogen (secondary N) is 2. The summed E-state index contributed by atoms with van der Waals surface area (Å²) in [7, 11) is 4.41. The van der Waals surface area contributed by atoms with Crippen LogP contribution in [0.1, 0.15) is 5.69 Å². The Morgan fingerprint density at radius 2 is 2.41 bits per heavy atom. The van der Waals surface area contributed by atoms with Gasteiger partial charge in [-0.3, -0.25) is 0 Å². The summed E-state index contributed by atoms with van der Waals surface area (Å²) in [5.74, 6) is 0. The molecule has 0 radical (unpaired) electrons. The van der Waals surface area contributed by atoms with Crippen molar-refractivity contribution in [3.63, 3.8) is 0 Å². The highest BCUT2D eigenvalue weighted by molar-refractivity contribution is 5.03. The molecule has 2 rings (SSSR count). The van der Waals surface area contributed by atoms with Gasteiger partial charge in [0.05, 0.1) is 0 Å². The minimum Gasteiger partial charge on any atom is -0.365 e. The predicted molar refractivity (Wildman–Crippen MR) is 71.3 cm³/mol. The molecule has 1 atom stereocenters. The van der Waals surface area contributed by atoms with Gasteiger partial charge in [-0.2, -0.15) is 0 Å². The molecule has 17 heavy (non-hydrogen) atoms. The average Bonchev–Trinajstić information content (AvgIpc) is 2.79. The number of rotatable bonds is 5.